The Morgan fingerprint density at radius 2 is 1.30 bits per heavy atom. The molecule has 0 unspecified atom stereocenters. The average molecular weight is 175 g/mol. The van der Waals surface area contributed by atoms with E-state index in [0.717, 1.165) is 21.2 Å². The van der Waals surface area contributed by atoms with Crippen molar-refractivity contribution in [3.8, 4) is 0 Å². The Morgan fingerprint density at radius 1 is 0.900 bits per heavy atom. The van der Waals surface area contributed by atoms with Crippen molar-refractivity contribution in [3.05, 3.63) is 33.3 Å². The molecule has 10 heavy (non-hydrogen) atoms. The summed E-state index contributed by atoms with van der Waals surface area (Å²) in [5.41, 5.74) is 2.15. The molecule has 0 saturated heterocycles. The molecule has 0 fully saturated rings. The lowest BCUT2D eigenvalue weighted by Gasteiger charge is -2.00. The van der Waals surface area contributed by atoms with Gasteiger partial charge in [-0.15, -0.1) is 0 Å². The van der Waals surface area contributed by atoms with Gasteiger partial charge in [0, 0.05) is 10.0 Å². The van der Waals surface area contributed by atoms with Crippen molar-refractivity contribution in [1.29, 1.82) is 0 Å². The Bertz CT molecular complexity index is 203. The molecule has 0 radical (unpaired) electrons. The minimum absolute atomic E-state index is 0.732. The fourth-order valence-electron chi connectivity index (χ4n) is 0.802. The van der Waals surface area contributed by atoms with Crippen molar-refractivity contribution in [2.75, 3.05) is 0 Å². The summed E-state index contributed by atoms with van der Waals surface area (Å²) >= 11 is 11.6. The molecule has 0 N–H and O–H groups in total. The molecule has 0 heterocycles. The van der Waals surface area contributed by atoms with E-state index < -0.39 is 0 Å². The first kappa shape index (κ1) is 7.90. The zero-order valence-corrected chi connectivity index (χ0v) is 7.42. The molecule has 0 amide bonds. The predicted octanol–water partition coefficient (Wildman–Crippen LogP) is 3.61. The number of rotatable bonds is 0. The number of aryl methyl sites for hydroxylation is 2. The van der Waals surface area contributed by atoms with Crippen LogP contribution in [0.2, 0.25) is 10.0 Å². The standard InChI is InChI=1S/C8H8Cl2/c1-5-3-6(2)8(10)4-7(5)9/h3-4H,1-2H3. The summed E-state index contributed by atoms with van der Waals surface area (Å²) in [6.07, 6.45) is 0. The van der Waals surface area contributed by atoms with Gasteiger partial charge in [0.25, 0.3) is 0 Å². The Labute approximate surface area is 70.8 Å². The molecule has 0 aromatic heterocycles. The van der Waals surface area contributed by atoms with Crippen molar-refractivity contribution in [3.63, 3.8) is 0 Å². The molecule has 0 saturated carbocycles. The van der Waals surface area contributed by atoms with Gasteiger partial charge in [0.2, 0.25) is 0 Å². The quantitative estimate of drug-likeness (QED) is 0.564. The lowest BCUT2D eigenvalue weighted by Crippen LogP contribution is -1.79. The number of hydrogen-bond donors (Lipinski definition) is 0. The van der Waals surface area contributed by atoms with E-state index in [1.165, 1.54) is 0 Å². The van der Waals surface area contributed by atoms with Crippen molar-refractivity contribution in [2.24, 2.45) is 0 Å². The topological polar surface area (TPSA) is 0 Å². The van der Waals surface area contributed by atoms with E-state index in [0.29, 0.717) is 0 Å². The fourth-order valence-corrected chi connectivity index (χ4v) is 1.18. The molecule has 0 nitrogen and oxygen atoms in total. The van der Waals surface area contributed by atoms with Crippen LogP contribution in [0.3, 0.4) is 0 Å². The first-order chi connectivity index (χ1) is 4.61. The number of benzene rings is 1. The maximum absolute atomic E-state index is 5.80. The van der Waals surface area contributed by atoms with Crippen molar-refractivity contribution in [1.82, 2.24) is 0 Å². The Morgan fingerprint density at radius 3 is 1.60 bits per heavy atom. The predicted molar refractivity (Wildman–Crippen MR) is 45.9 cm³/mol. The zero-order chi connectivity index (χ0) is 7.72. The minimum atomic E-state index is 0.732. The minimum Gasteiger partial charge on any atom is -0.0840 e. The SMILES string of the molecule is Cc1cc(C)c(Cl)cc1Cl. The van der Waals surface area contributed by atoms with Crippen LogP contribution in [0.15, 0.2) is 12.1 Å². The lowest BCUT2D eigenvalue weighted by molar-refractivity contribution is 1.39. The maximum atomic E-state index is 5.80. The fraction of sp³-hybridized carbons (Fsp3) is 0.250. The molecule has 0 spiro atoms. The largest absolute Gasteiger partial charge is 0.0840 e. The van der Waals surface area contributed by atoms with Gasteiger partial charge in [0.15, 0.2) is 0 Å². The van der Waals surface area contributed by atoms with Crippen LogP contribution in [-0.2, 0) is 0 Å². The van der Waals surface area contributed by atoms with Crippen LogP contribution >= 0.6 is 23.2 Å². The van der Waals surface area contributed by atoms with Crippen LogP contribution in [-0.4, -0.2) is 0 Å². The average Bonchev–Trinajstić information content (AvgIpc) is 1.84. The van der Waals surface area contributed by atoms with Crippen LogP contribution in [0.25, 0.3) is 0 Å². The summed E-state index contributed by atoms with van der Waals surface area (Å²) in [5, 5.41) is 1.46. The van der Waals surface area contributed by atoms with Gasteiger partial charge >= 0.3 is 0 Å². The first-order valence-electron chi connectivity index (χ1n) is 3.03. The third kappa shape index (κ3) is 1.44. The molecular formula is C8H8Cl2. The Balaban J connectivity index is 3.28. The van der Waals surface area contributed by atoms with Crippen molar-refractivity contribution < 1.29 is 0 Å². The van der Waals surface area contributed by atoms with Crippen LogP contribution in [0.5, 0.6) is 0 Å². The third-order valence-electron chi connectivity index (χ3n) is 1.44. The molecule has 2 heteroatoms. The highest BCUT2D eigenvalue weighted by molar-refractivity contribution is 6.35. The maximum Gasteiger partial charge on any atom is 0.0450 e. The summed E-state index contributed by atoms with van der Waals surface area (Å²) < 4.78 is 0. The van der Waals surface area contributed by atoms with Gasteiger partial charge in [-0.05, 0) is 31.0 Å². The summed E-state index contributed by atoms with van der Waals surface area (Å²) in [4.78, 5) is 0. The van der Waals surface area contributed by atoms with Crippen LogP contribution in [0.4, 0.5) is 0 Å². The Hall–Kier alpha value is -0.200. The monoisotopic (exact) mass is 174 g/mol. The van der Waals surface area contributed by atoms with Gasteiger partial charge in [-0.2, -0.15) is 0 Å². The molecule has 0 aliphatic heterocycles. The van der Waals surface area contributed by atoms with E-state index in [1.807, 2.05) is 19.9 Å². The molecule has 1 aromatic carbocycles. The van der Waals surface area contributed by atoms with E-state index in [4.69, 9.17) is 23.2 Å². The molecule has 1 rings (SSSR count). The van der Waals surface area contributed by atoms with Crippen LogP contribution in [0, 0.1) is 13.8 Å². The van der Waals surface area contributed by atoms with E-state index >= 15 is 0 Å². The number of halogens is 2. The normalized spacial score (nSPS) is 10.0. The summed E-state index contributed by atoms with van der Waals surface area (Å²) in [7, 11) is 0. The number of hydrogen-bond acceptors (Lipinski definition) is 0. The Kier molecular flexibility index (Phi) is 2.22. The lowest BCUT2D eigenvalue weighted by atomic mass is 10.2. The summed E-state index contributed by atoms with van der Waals surface area (Å²) in [5.74, 6) is 0. The second-order valence-corrected chi connectivity index (χ2v) is 3.16. The molecule has 0 bridgehead atoms. The van der Waals surface area contributed by atoms with Gasteiger partial charge < -0.3 is 0 Å². The van der Waals surface area contributed by atoms with Gasteiger partial charge in [0.1, 0.15) is 0 Å². The third-order valence-corrected chi connectivity index (χ3v) is 2.25. The highest BCUT2D eigenvalue weighted by Crippen LogP contribution is 2.23. The highest BCUT2D eigenvalue weighted by Gasteiger charge is 1.98. The molecule has 1 aromatic rings. The van der Waals surface area contributed by atoms with Gasteiger partial charge in [0.05, 0.1) is 0 Å². The van der Waals surface area contributed by atoms with Gasteiger partial charge in [-0.25, -0.2) is 0 Å². The zero-order valence-electron chi connectivity index (χ0n) is 5.91. The molecule has 0 atom stereocenters. The summed E-state index contributed by atoms with van der Waals surface area (Å²) in [6.45, 7) is 3.93. The molecule has 0 aliphatic rings. The van der Waals surface area contributed by atoms with Crippen molar-refractivity contribution >= 4 is 23.2 Å². The first-order valence-corrected chi connectivity index (χ1v) is 3.79. The van der Waals surface area contributed by atoms with E-state index in [1.54, 1.807) is 6.07 Å². The second kappa shape index (κ2) is 2.81. The van der Waals surface area contributed by atoms with Gasteiger partial charge in [-0.3, -0.25) is 0 Å². The van der Waals surface area contributed by atoms with Crippen LogP contribution < -0.4 is 0 Å². The summed E-state index contributed by atoms with van der Waals surface area (Å²) in [6, 6.07) is 3.75. The van der Waals surface area contributed by atoms with Crippen molar-refractivity contribution in [2.45, 2.75) is 13.8 Å². The van der Waals surface area contributed by atoms with E-state index in [2.05, 4.69) is 0 Å². The highest BCUT2D eigenvalue weighted by atomic mass is 35.5. The smallest absolute Gasteiger partial charge is 0.0450 e. The van der Waals surface area contributed by atoms with Gasteiger partial charge in [-0.1, -0.05) is 29.3 Å². The van der Waals surface area contributed by atoms with E-state index in [9.17, 15) is 0 Å². The molecule has 0 aliphatic carbocycles. The van der Waals surface area contributed by atoms with E-state index in [-0.39, 0.29) is 0 Å². The second-order valence-electron chi connectivity index (χ2n) is 2.35. The molecule has 54 valence electrons. The molecular weight excluding hydrogens is 167 g/mol. The van der Waals surface area contributed by atoms with Crippen LogP contribution in [0.1, 0.15) is 11.1 Å².